The Morgan fingerprint density at radius 3 is 2.30 bits per heavy atom. The summed E-state index contributed by atoms with van der Waals surface area (Å²) in [7, 11) is 1.31. The fourth-order valence-corrected chi connectivity index (χ4v) is 2.59. The standard InChI is InChI=1S/C16H20F3N3O/c1-8-6-10(9(2)20)12-11(7-8)13(23)22(5)14(21-12)15(3,4)16(17,18)19/h6-7,9H,20H2,1-5H3. The van der Waals surface area contributed by atoms with Crippen molar-refractivity contribution in [3.05, 3.63) is 39.4 Å². The summed E-state index contributed by atoms with van der Waals surface area (Å²) < 4.78 is 41.1. The van der Waals surface area contributed by atoms with Crippen LogP contribution >= 0.6 is 0 Å². The monoisotopic (exact) mass is 327 g/mol. The van der Waals surface area contributed by atoms with Crippen LogP contribution in [0.2, 0.25) is 0 Å². The van der Waals surface area contributed by atoms with Crippen molar-refractivity contribution in [1.82, 2.24) is 9.55 Å². The maximum atomic E-state index is 13.4. The highest BCUT2D eigenvalue weighted by atomic mass is 19.4. The molecule has 1 atom stereocenters. The maximum Gasteiger partial charge on any atom is 0.400 e. The smallest absolute Gasteiger partial charge is 0.324 e. The molecule has 0 aliphatic rings. The van der Waals surface area contributed by atoms with Crippen LogP contribution in [0.3, 0.4) is 0 Å². The zero-order valence-electron chi connectivity index (χ0n) is 13.7. The first-order valence-electron chi connectivity index (χ1n) is 7.22. The van der Waals surface area contributed by atoms with Crippen molar-refractivity contribution in [3.8, 4) is 0 Å². The van der Waals surface area contributed by atoms with Gasteiger partial charge in [0, 0.05) is 13.1 Å². The van der Waals surface area contributed by atoms with Crippen molar-refractivity contribution in [2.75, 3.05) is 0 Å². The van der Waals surface area contributed by atoms with Gasteiger partial charge in [-0.25, -0.2) is 4.98 Å². The average molecular weight is 327 g/mol. The maximum absolute atomic E-state index is 13.4. The molecule has 2 aromatic rings. The molecule has 0 radical (unpaired) electrons. The lowest BCUT2D eigenvalue weighted by molar-refractivity contribution is -0.183. The first-order valence-corrected chi connectivity index (χ1v) is 7.22. The molecule has 2 N–H and O–H groups in total. The zero-order chi connectivity index (χ0) is 17.7. The molecule has 0 aliphatic heterocycles. The third-order valence-corrected chi connectivity index (χ3v) is 4.11. The second-order valence-corrected chi connectivity index (χ2v) is 6.46. The van der Waals surface area contributed by atoms with Gasteiger partial charge in [-0.15, -0.1) is 0 Å². The summed E-state index contributed by atoms with van der Waals surface area (Å²) in [6, 6.07) is 2.93. The van der Waals surface area contributed by atoms with Gasteiger partial charge in [0.25, 0.3) is 5.56 Å². The second kappa shape index (κ2) is 5.33. The van der Waals surface area contributed by atoms with Gasteiger partial charge in [0.1, 0.15) is 11.2 Å². The van der Waals surface area contributed by atoms with E-state index < -0.39 is 23.2 Å². The van der Waals surface area contributed by atoms with Crippen molar-refractivity contribution in [1.29, 1.82) is 0 Å². The van der Waals surface area contributed by atoms with Crippen LogP contribution in [0.1, 0.15) is 43.8 Å². The topological polar surface area (TPSA) is 60.9 Å². The van der Waals surface area contributed by atoms with Gasteiger partial charge < -0.3 is 5.73 Å². The van der Waals surface area contributed by atoms with Gasteiger partial charge in [-0.1, -0.05) is 6.07 Å². The predicted molar refractivity (Wildman–Crippen MR) is 83.4 cm³/mol. The number of nitrogens with two attached hydrogens (primary N) is 1. The minimum absolute atomic E-state index is 0.237. The molecule has 0 saturated heterocycles. The van der Waals surface area contributed by atoms with Gasteiger partial charge >= 0.3 is 6.18 Å². The van der Waals surface area contributed by atoms with Crippen LogP contribution in [0.15, 0.2) is 16.9 Å². The molecule has 1 aromatic heterocycles. The highest BCUT2D eigenvalue weighted by Crippen LogP contribution is 2.39. The van der Waals surface area contributed by atoms with Crippen molar-refractivity contribution in [2.24, 2.45) is 12.8 Å². The van der Waals surface area contributed by atoms with E-state index in [4.69, 9.17) is 5.73 Å². The third kappa shape index (κ3) is 2.73. The van der Waals surface area contributed by atoms with E-state index in [1.165, 1.54) is 7.05 Å². The van der Waals surface area contributed by atoms with Crippen LogP contribution in [0.25, 0.3) is 10.9 Å². The molecule has 1 aromatic carbocycles. The van der Waals surface area contributed by atoms with Crippen LogP contribution < -0.4 is 11.3 Å². The number of alkyl halides is 3. The van der Waals surface area contributed by atoms with Gasteiger partial charge in [0.15, 0.2) is 0 Å². The first-order chi connectivity index (χ1) is 10.4. The van der Waals surface area contributed by atoms with Crippen molar-refractivity contribution < 1.29 is 13.2 Å². The Morgan fingerprint density at radius 2 is 1.83 bits per heavy atom. The number of aryl methyl sites for hydroxylation is 1. The van der Waals surface area contributed by atoms with Crippen molar-refractivity contribution in [3.63, 3.8) is 0 Å². The molecular weight excluding hydrogens is 307 g/mol. The third-order valence-electron chi connectivity index (χ3n) is 4.11. The Hall–Kier alpha value is -1.89. The molecule has 7 heteroatoms. The van der Waals surface area contributed by atoms with E-state index in [2.05, 4.69) is 4.98 Å². The summed E-state index contributed by atoms with van der Waals surface area (Å²) >= 11 is 0. The van der Waals surface area contributed by atoms with Crippen LogP contribution in [0.4, 0.5) is 13.2 Å². The fourth-order valence-electron chi connectivity index (χ4n) is 2.59. The lowest BCUT2D eigenvalue weighted by Gasteiger charge is -2.29. The van der Waals surface area contributed by atoms with E-state index >= 15 is 0 Å². The van der Waals surface area contributed by atoms with E-state index in [1.807, 2.05) is 0 Å². The molecule has 126 valence electrons. The number of rotatable bonds is 2. The van der Waals surface area contributed by atoms with Gasteiger partial charge in [-0.2, -0.15) is 13.2 Å². The number of nitrogens with zero attached hydrogens (tertiary/aromatic N) is 2. The number of halogens is 3. The molecule has 23 heavy (non-hydrogen) atoms. The van der Waals surface area contributed by atoms with Crippen LogP contribution in [0, 0.1) is 6.92 Å². The Kier molecular flexibility index (Phi) is 4.05. The fraction of sp³-hybridized carbons (Fsp3) is 0.500. The average Bonchev–Trinajstić information content (AvgIpc) is 2.40. The van der Waals surface area contributed by atoms with E-state index in [0.717, 1.165) is 24.0 Å². The first kappa shape index (κ1) is 17.5. The molecule has 0 spiro atoms. The van der Waals surface area contributed by atoms with E-state index in [1.54, 1.807) is 26.0 Å². The van der Waals surface area contributed by atoms with Crippen molar-refractivity contribution >= 4 is 10.9 Å². The molecule has 0 saturated carbocycles. The number of benzene rings is 1. The Bertz CT molecular complexity index is 820. The van der Waals surface area contributed by atoms with Crippen LogP contribution in [0.5, 0.6) is 0 Å². The minimum Gasteiger partial charge on any atom is -0.324 e. The molecule has 2 rings (SSSR count). The highest BCUT2D eigenvalue weighted by molar-refractivity contribution is 5.82. The lowest BCUT2D eigenvalue weighted by Crippen LogP contribution is -2.42. The SMILES string of the molecule is Cc1cc(C(C)N)c2nc(C(C)(C)C(F)(F)F)n(C)c(=O)c2c1. The Morgan fingerprint density at radius 1 is 1.26 bits per heavy atom. The molecule has 0 bridgehead atoms. The molecule has 0 amide bonds. The molecule has 4 nitrogen and oxygen atoms in total. The number of hydrogen-bond donors (Lipinski definition) is 1. The number of hydrogen-bond acceptors (Lipinski definition) is 3. The summed E-state index contributed by atoms with van der Waals surface area (Å²) in [5, 5.41) is 0.279. The minimum atomic E-state index is -4.53. The lowest BCUT2D eigenvalue weighted by atomic mass is 9.90. The summed E-state index contributed by atoms with van der Waals surface area (Å²) in [4.78, 5) is 16.8. The molecule has 1 unspecified atom stereocenters. The Balaban J connectivity index is 2.96. The largest absolute Gasteiger partial charge is 0.400 e. The molecular formula is C16H20F3N3O. The Labute approximate surface area is 132 Å². The summed E-state index contributed by atoms with van der Waals surface area (Å²) in [5.41, 5.74) is 4.76. The zero-order valence-corrected chi connectivity index (χ0v) is 13.7. The van der Waals surface area contributed by atoms with E-state index in [9.17, 15) is 18.0 Å². The molecule has 1 heterocycles. The quantitative estimate of drug-likeness (QED) is 0.922. The highest BCUT2D eigenvalue weighted by Gasteiger charge is 2.51. The molecule has 0 fully saturated rings. The second-order valence-electron chi connectivity index (χ2n) is 6.46. The predicted octanol–water partition coefficient (Wildman–Crippen LogP) is 3.10. The normalized spacial score (nSPS) is 14.3. The van der Waals surface area contributed by atoms with Gasteiger partial charge in [0.2, 0.25) is 0 Å². The number of fused-ring (bicyclic) bond motifs is 1. The van der Waals surface area contributed by atoms with Crippen molar-refractivity contribution in [2.45, 2.75) is 45.3 Å². The number of aromatic nitrogens is 2. The van der Waals surface area contributed by atoms with Gasteiger partial charge in [0.05, 0.1) is 10.9 Å². The summed E-state index contributed by atoms with van der Waals surface area (Å²) in [6.07, 6.45) is -4.53. The summed E-state index contributed by atoms with van der Waals surface area (Å²) in [5.74, 6) is -0.326. The molecule has 0 aliphatic carbocycles. The van der Waals surface area contributed by atoms with Crippen LogP contribution in [-0.4, -0.2) is 15.7 Å². The van der Waals surface area contributed by atoms with Gasteiger partial charge in [-0.05, 0) is 44.9 Å². The van der Waals surface area contributed by atoms with Gasteiger partial charge in [-0.3, -0.25) is 9.36 Å². The summed E-state index contributed by atoms with van der Waals surface area (Å²) in [6.45, 7) is 5.54. The van der Waals surface area contributed by atoms with E-state index in [-0.39, 0.29) is 16.7 Å². The van der Waals surface area contributed by atoms with E-state index in [0.29, 0.717) is 5.56 Å². The van der Waals surface area contributed by atoms with Crippen LogP contribution in [-0.2, 0) is 12.5 Å².